The van der Waals surface area contributed by atoms with Crippen LogP contribution in [0.3, 0.4) is 0 Å². The Kier molecular flexibility index (Phi) is 3.59. The van der Waals surface area contributed by atoms with E-state index >= 15 is 0 Å². The highest BCUT2D eigenvalue weighted by atomic mass is 32.1. The van der Waals surface area contributed by atoms with Gasteiger partial charge in [-0.25, -0.2) is 9.97 Å². The molecule has 1 N–H and O–H groups in total. The first-order chi connectivity index (χ1) is 9.29. The van der Waals surface area contributed by atoms with Crippen LogP contribution in [0.15, 0.2) is 18.3 Å². The van der Waals surface area contributed by atoms with Crippen molar-refractivity contribution in [1.82, 2.24) is 14.3 Å². The first kappa shape index (κ1) is 12.3. The van der Waals surface area contributed by atoms with E-state index in [0.29, 0.717) is 12.4 Å². The Morgan fingerprint density at radius 2 is 2.37 bits per heavy atom. The molecule has 3 rings (SSSR count). The van der Waals surface area contributed by atoms with Crippen LogP contribution >= 0.6 is 11.5 Å². The van der Waals surface area contributed by atoms with Gasteiger partial charge in [0.15, 0.2) is 0 Å². The first-order valence-electron chi connectivity index (χ1n) is 6.41. The number of hydrogen-bond acceptors (Lipinski definition) is 6. The summed E-state index contributed by atoms with van der Waals surface area (Å²) < 4.78 is 9.80. The normalized spacial score (nSPS) is 14.4. The second-order valence-electron chi connectivity index (χ2n) is 4.76. The molecular weight excluding hydrogens is 260 g/mol. The van der Waals surface area contributed by atoms with E-state index in [2.05, 4.69) is 19.7 Å². The van der Waals surface area contributed by atoms with Gasteiger partial charge in [0.2, 0.25) is 11.0 Å². The monoisotopic (exact) mass is 276 g/mol. The Hall–Kier alpha value is -1.69. The van der Waals surface area contributed by atoms with Gasteiger partial charge < -0.3 is 10.1 Å². The van der Waals surface area contributed by atoms with E-state index in [1.807, 2.05) is 19.1 Å². The van der Waals surface area contributed by atoms with Crippen LogP contribution in [0, 0.1) is 12.8 Å². The van der Waals surface area contributed by atoms with Crippen LogP contribution in [-0.2, 0) is 6.54 Å². The molecule has 0 bridgehead atoms. The van der Waals surface area contributed by atoms with Gasteiger partial charge in [0.05, 0.1) is 6.61 Å². The van der Waals surface area contributed by atoms with Crippen LogP contribution in [0.25, 0.3) is 0 Å². The lowest BCUT2D eigenvalue weighted by Gasteiger charge is -2.06. The van der Waals surface area contributed by atoms with Crippen molar-refractivity contribution in [3.63, 3.8) is 0 Å². The second-order valence-corrected chi connectivity index (χ2v) is 5.51. The van der Waals surface area contributed by atoms with Gasteiger partial charge in [-0.3, -0.25) is 0 Å². The van der Waals surface area contributed by atoms with Crippen molar-refractivity contribution >= 4 is 16.7 Å². The van der Waals surface area contributed by atoms with Crippen molar-refractivity contribution in [2.45, 2.75) is 26.3 Å². The first-order valence-corrected chi connectivity index (χ1v) is 7.19. The fourth-order valence-electron chi connectivity index (χ4n) is 1.67. The molecule has 19 heavy (non-hydrogen) atoms. The molecule has 1 saturated carbocycles. The maximum atomic E-state index is 5.66. The lowest BCUT2D eigenvalue weighted by Crippen LogP contribution is -2.03. The predicted octanol–water partition coefficient (Wildman–Crippen LogP) is 2.64. The lowest BCUT2D eigenvalue weighted by atomic mass is 10.2. The number of anilines is 1. The number of aryl methyl sites for hydroxylation is 1. The Labute approximate surface area is 116 Å². The summed E-state index contributed by atoms with van der Waals surface area (Å²) in [6.07, 6.45) is 4.36. The molecule has 0 spiro atoms. The quantitative estimate of drug-likeness (QED) is 0.879. The molecule has 5 nitrogen and oxygen atoms in total. The Morgan fingerprint density at radius 1 is 1.47 bits per heavy atom. The molecule has 1 aliphatic rings. The Balaban J connectivity index is 1.55. The molecular formula is C13H16N4OS. The molecule has 1 fully saturated rings. The minimum atomic E-state index is 0.705. The number of rotatable bonds is 6. The topological polar surface area (TPSA) is 59.9 Å². The standard InChI is InChI=1S/C13H16N4OS/c1-9-16-13(19-17-9)15-7-11-4-5-14-12(6-11)18-8-10-2-3-10/h4-6,10H,2-3,7-8H2,1H3,(H,15,16,17). The maximum Gasteiger partial charge on any atom is 0.213 e. The maximum absolute atomic E-state index is 5.66. The van der Waals surface area contributed by atoms with Crippen molar-refractivity contribution in [1.29, 1.82) is 0 Å². The molecule has 100 valence electrons. The van der Waals surface area contributed by atoms with Gasteiger partial charge in [-0.2, -0.15) is 4.37 Å². The zero-order chi connectivity index (χ0) is 13.1. The van der Waals surface area contributed by atoms with Crippen LogP contribution in [0.1, 0.15) is 24.2 Å². The minimum absolute atomic E-state index is 0.705. The number of nitrogens with one attached hydrogen (secondary N) is 1. The zero-order valence-corrected chi connectivity index (χ0v) is 11.6. The highest BCUT2D eigenvalue weighted by Gasteiger charge is 2.22. The lowest BCUT2D eigenvalue weighted by molar-refractivity contribution is 0.288. The van der Waals surface area contributed by atoms with Gasteiger partial charge in [0.1, 0.15) is 5.82 Å². The summed E-state index contributed by atoms with van der Waals surface area (Å²) in [5.41, 5.74) is 1.13. The van der Waals surface area contributed by atoms with Gasteiger partial charge in [0, 0.05) is 30.3 Å². The molecule has 2 aromatic rings. The van der Waals surface area contributed by atoms with Crippen molar-refractivity contribution in [3.8, 4) is 5.88 Å². The molecule has 1 aliphatic carbocycles. The third-order valence-corrected chi connectivity index (χ3v) is 3.70. The smallest absolute Gasteiger partial charge is 0.213 e. The fourth-order valence-corrected chi connectivity index (χ4v) is 2.24. The fraction of sp³-hybridized carbons (Fsp3) is 0.462. The van der Waals surface area contributed by atoms with E-state index in [1.54, 1.807) is 6.20 Å². The summed E-state index contributed by atoms with van der Waals surface area (Å²) in [5, 5.41) is 4.09. The summed E-state index contributed by atoms with van der Waals surface area (Å²) in [4.78, 5) is 8.49. The van der Waals surface area contributed by atoms with Crippen molar-refractivity contribution in [2.75, 3.05) is 11.9 Å². The molecule has 0 aliphatic heterocycles. The second kappa shape index (κ2) is 5.52. The van der Waals surface area contributed by atoms with Gasteiger partial charge in [0.25, 0.3) is 0 Å². The third kappa shape index (κ3) is 3.64. The number of ether oxygens (including phenoxy) is 1. The van der Waals surface area contributed by atoms with E-state index in [-0.39, 0.29) is 0 Å². The van der Waals surface area contributed by atoms with Crippen LogP contribution in [0.5, 0.6) is 5.88 Å². The van der Waals surface area contributed by atoms with Gasteiger partial charge >= 0.3 is 0 Å². The molecule has 0 saturated heterocycles. The van der Waals surface area contributed by atoms with E-state index in [4.69, 9.17) is 4.74 Å². The van der Waals surface area contributed by atoms with Crippen LogP contribution < -0.4 is 10.1 Å². The van der Waals surface area contributed by atoms with Gasteiger partial charge in [-0.15, -0.1) is 0 Å². The van der Waals surface area contributed by atoms with Gasteiger partial charge in [-0.1, -0.05) is 0 Å². The van der Waals surface area contributed by atoms with E-state index < -0.39 is 0 Å². The SMILES string of the molecule is Cc1nsc(NCc2ccnc(OCC3CC3)c2)n1. The van der Waals surface area contributed by atoms with Crippen LogP contribution in [-0.4, -0.2) is 20.9 Å². The molecule has 0 radical (unpaired) electrons. The molecule has 0 atom stereocenters. The average molecular weight is 276 g/mol. The number of nitrogens with zero attached hydrogens (tertiary/aromatic N) is 3. The van der Waals surface area contributed by atoms with Crippen LogP contribution in [0.2, 0.25) is 0 Å². The molecule has 0 aromatic carbocycles. The van der Waals surface area contributed by atoms with Crippen LogP contribution in [0.4, 0.5) is 5.13 Å². The third-order valence-electron chi connectivity index (χ3n) is 2.93. The highest BCUT2D eigenvalue weighted by molar-refractivity contribution is 7.09. The summed E-state index contributed by atoms with van der Waals surface area (Å²) >= 11 is 1.38. The van der Waals surface area contributed by atoms with Crippen molar-refractivity contribution < 1.29 is 4.74 Å². The van der Waals surface area contributed by atoms with Crippen molar-refractivity contribution in [3.05, 3.63) is 29.7 Å². The molecule has 2 aromatic heterocycles. The number of aromatic nitrogens is 3. The number of hydrogen-bond donors (Lipinski definition) is 1. The molecule has 0 unspecified atom stereocenters. The van der Waals surface area contributed by atoms with E-state index in [1.165, 1.54) is 24.4 Å². The summed E-state index contributed by atoms with van der Waals surface area (Å²) in [6, 6.07) is 3.95. The summed E-state index contributed by atoms with van der Waals surface area (Å²) in [6.45, 7) is 3.38. The largest absolute Gasteiger partial charge is 0.477 e. The van der Waals surface area contributed by atoms with Crippen molar-refractivity contribution in [2.24, 2.45) is 5.92 Å². The predicted molar refractivity (Wildman–Crippen MR) is 74.4 cm³/mol. The molecule has 0 amide bonds. The summed E-state index contributed by atoms with van der Waals surface area (Å²) in [7, 11) is 0. The Bertz CT molecular complexity index is 553. The zero-order valence-electron chi connectivity index (χ0n) is 10.8. The number of pyridine rings is 1. The minimum Gasteiger partial charge on any atom is -0.477 e. The Morgan fingerprint density at radius 3 is 3.11 bits per heavy atom. The average Bonchev–Trinajstić information content (AvgIpc) is 3.16. The van der Waals surface area contributed by atoms with Gasteiger partial charge in [-0.05, 0) is 37.3 Å². The van der Waals surface area contributed by atoms with E-state index in [9.17, 15) is 0 Å². The summed E-state index contributed by atoms with van der Waals surface area (Å²) in [5.74, 6) is 2.25. The molecule has 6 heteroatoms. The molecule has 2 heterocycles. The highest BCUT2D eigenvalue weighted by Crippen LogP contribution is 2.29. The van der Waals surface area contributed by atoms with E-state index in [0.717, 1.165) is 29.0 Å².